The standard InChI is InChI=1S/C10H14N3O9P/c11-5-1-2-13(10(16)12-5)6-3-20-7(22-6)4-21-9(8(14)15)23(17,18)19/h1-2,6-7,9H,3-4H2,(H,14,15)(H2,11,12,16)(H2,17,18,19)/p-2/t6-,7-,9?/m0/s1. The number of carbonyl (C=O) groups is 1. The second kappa shape index (κ2) is 6.74. The smallest absolute Gasteiger partial charge is 0.351 e. The van der Waals surface area contributed by atoms with Crippen LogP contribution < -0.4 is 21.4 Å². The molecule has 2 unspecified atom stereocenters. The van der Waals surface area contributed by atoms with Crippen molar-refractivity contribution >= 4 is 19.4 Å². The molecule has 1 aliphatic heterocycles. The minimum Gasteiger partial charge on any atom is -0.777 e. The zero-order valence-corrected chi connectivity index (χ0v) is 12.3. The summed E-state index contributed by atoms with van der Waals surface area (Å²) in [5.74, 6) is -4.65. The predicted molar refractivity (Wildman–Crippen MR) is 67.3 cm³/mol. The molecule has 0 saturated carbocycles. The molecular formula is C10H12N3O9P-2. The topological polar surface area (TPSA) is 189 Å². The normalized spacial score (nSPS) is 25.0. The van der Waals surface area contributed by atoms with E-state index in [0.29, 0.717) is 0 Å². The van der Waals surface area contributed by atoms with Crippen molar-refractivity contribution in [3.8, 4) is 0 Å². The lowest BCUT2D eigenvalue weighted by molar-refractivity contribution is -0.316. The number of carboxylic acids is 1. The van der Waals surface area contributed by atoms with Crippen LogP contribution in [0.2, 0.25) is 0 Å². The molecule has 1 saturated heterocycles. The van der Waals surface area contributed by atoms with Gasteiger partial charge in [-0.05, 0) is 6.07 Å². The van der Waals surface area contributed by atoms with Crippen LogP contribution in [0, 0.1) is 0 Å². The molecule has 2 rings (SSSR count). The predicted octanol–water partition coefficient (Wildman–Crippen LogP) is -3.66. The molecule has 0 radical (unpaired) electrons. The number of nitrogens with two attached hydrogens (primary N) is 1. The summed E-state index contributed by atoms with van der Waals surface area (Å²) >= 11 is 0. The lowest BCUT2D eigenvalue weighted by atomic mass is 10.5. The van der Waals surface area contributed by atoms with E-state index in [4.69, 9.17) is 20.1 Å². The van der Waals surface area contributed by atoms with Crippen molar-refractivity contribution in [2.24, 2.45) is 0 Å². The molecule has 4 atom stereocenters. The first-order valence-corrected chi connectivity index (χ1v) is 7.81. The quantitative estimate of drug-likeness (QED) is 0.481. The molecule has 13 heteroatoms. The van der Waals surface area contributed by atoms with E-state index in [1.165, 1.54) is 12.3 Å². The summed E-state index contributed by atoms with van der Waals surface area (Å²) in [6.45, 7) is -0.719. The van der Waals surface area contributed by atoms with Gasteiger partial charge >= 0.3 is 5.69 Å². The second-order valence-electron chi connectivity index (χ2n) is 4.46. The van der Waals surface area contributed by atoms with Crippen LogP contribution in [0.3, 0.4) is 0 Å². The highest BCUT2D eigenvalue weighted by Crippen LogP contribution is 2.37. The summed E-state index contributed by atoms with van der Waals surface area (Å²) in [4.78, 5) is 45.3. The first kappa shape index (κ1) is 17.5. The van der Waals surface area contributed by atoms with E-state index < -0.39 is 44.2 Å². The Hall–Kier alpha value is -1.82. The van der Waals surface area contributed by atoms with Gasteiger partial charge in [-0.3, -0.25) is 4.57 Å². The van der Waals surface area contributed by atoms with Gasteiger partial charge in [0.25, 0.3) is 0 Å². The van der Waals surface area contributed by atoms with Gasteiger partial charge in [0.15, 0.2) is 26.0 Å². The molecular weight excluding hydrogens is 337 g/mol. The van der Waals surface area contributed by atoms with E-state index in [9.17, 15) is 24.2 Å². The fourth-order valence-electron chi connectivity index (χ4n) is 1.79. The van der Waals surface area contributed by atoms with E-state index >= 15 is 0 Å². The van der Waals surface area contributed by atoms with Crippen LogP contribution in [0.5, 0.6) is 0 Å². The molecule has 0 spiro atoms. The van der Waals surface area contributed by atoms with Crippen LogP contribution in [0.4, 0.5) is 5.82 Å². The first-order chi connectivity index (χ1) is 10.7. The minimum atomic E-state index is -5.30. The molecule has 0 aliphatic carbocycles. The molecule has 2 heterocycles. The molecule has 0 bridgehead atoms. The van der Waals surface area contributed by atoms with Gasteiger partial charge in [0.1, 0.15) is 5.82 Å². The van der Waals surface area contributed by atoms with E-state index in [-0.39, 0.29) is 12.4 Å². The van der Waals surface area contributed by atoms with Gasteiger partial charge in [-0.15, -0.1) is 0 Å². The van der Waals surface area contributed by atoms with Crippen molar-refractivity contribution in [3.63, 3.8) is 0 Å². The molecule has 128 valence electrons. The Kier molecular flexibility index (Phi) is 5.14. The van der Waals surface area contributed by atoms with Gasteiger partial charge < -0.3 is 44.2 Å². The number of carboxylic acid groups (broad SMARTS) is 1. The Morgan fingerprint density at radius 3 is 2.96 bits per heavy atom. The SMILES string of the molecule is Nc1ccn([C@@H]2CO[C@H](COC(C(=O)[O-])P(=O)([O-])O)O2)c(=O)n1. The van der Waals surface area contributed by atoms with Gasteiger partial charge in [0.05, 0.1) is 19.2 Å². The molecule has 0 aromatic carbocycles. The molecule has 1 fully saturated rings. The summed E-state index contributed by atoms with van der Waals surface area (Å²) in [6.07, 6.45) is -0.706. The molecule has 0 amide bonds. The van der Waals surface area contributed by atoms with E-state index in [1.54, 1.807) is 0 Å². The van der Waals surface area contributed by atoms with Crippen LogP contribution in [-0.4, -0.2) is 45.8 Å². The fourth-order valence-corrected chi connectivity index (χ4v) is 2.33. The van der Waals surface area contributed by atoms with Crippen molar-refractivity contribution in [3.05, 3.63) is 22.7 Å². The van der Waals surface area contributed by atoms with Crippen LogP contribution in [0.15, 0.2) is 17.1 Å². The van der Waals surface area contributed by atoms with Crippen LogP contribution in [0.1, 0.15) is 6.23 Å². The summed E-state index contributed by atoms with van der Waals surface area (Å²) in [7, 11) is -5.30. The van der Waals surface area contributed by atoms with Gasteiger partial charge in [-0.25, -0.2) is 4.79 Å². The van der Waals surface area contributed by atoms with Gasteiger partial charge in [0, 0.05) is 6.20 Å². The summed E-state index contributed by atoms with van der Waals surface area (Å²) in [6, 6.07) is 1.36. The Bertz CT molecular complexity index is 686. The van der Waals surface area contributed by atoms with Crippen molar-refractivity contribution in [1.29, 1.82) is 0 Å². The Labute approximate surface area is 128 Å². The highest BCUT2D eigenvalue weighted by Gasteiger charge is 2.31. The number of carbonyl (C=O) groups excluding carboxylic acids is 1. The maximum Gasteiger partial charge on any atom is 0.351 e. The highest BCUT2D eigenvalue weighted by molar-refractivity contribution is 7.52. The second-order valence-corrected chi connectivity index (χ2v) is 6.06. The number of aromatic nitrogens is 2. The average molecular weight is 349 g/mol. The lowest BCUT2D eigenvalue weighted by Gasteiger charge is -2.28. The van der Waals surface area contributed by atoms with Crippen molar-refractivity contribution in [2.45, 2.75) is 18.4 Å². The first-order valence-electron chi connectivity index (χ1n) is 6.16. The molecule has 23 heavy (non-hydrogen) atoms. The number of nitrogens with zero attached hydrogens (tertiary/aromatic N) is 2. The monoisotopic (exact) mass is 349 g/mol. The molecule has 12 nitrogen and oxygen atoms in total. The summed E-state index contributed by atoms with van der Waals surface area (Å²) in [5.41, 5.74) is 4.66. The summed E-state index contributed by atoms with van der Waals surface area (Å²) in [5, 5.41) is 10.6. The maximum absolute atomic E-state index is 11.6. The van der Waals surface area contributed by atoms with Gasteiger partial charge in [-0.2, -0.15) is 4.98 Å². The van der Waals surface area contributed by atoms with Crippen molar-refractivity contribution < 1.29 is 38.5 Å². The van der Waals surface area contributed by atoms with Gasteiger partial charge in [-0.1, -0.05) is 0 Å². The number of nitrogen functional groups attached to an aromatic ring is 1. The zero-order valence-electron chi connectivity index (χ0n) is 11.4. The molecule has 1 aromatic rings. The third-order valence-corrected chi connectivity index (χ3v) is 3.74. The van der Waals surface area contributed by atoms with Crippen LogP contribution in [-0.2, 0) is 23.6 Å². The van der Waals surface area contributed by atoms with Crippen LogP contribution >= 0.6 is 7.60 Å². The van der Waals surface area contributed by atoms with E-state index in [0.717, 1.165) is 4.57 Å². The molecule has 1 aliphatic rings. The highest BCUT2D eigenvalue weighted by atomic mass is 31.2. The molecule has 3 N–H and O–H groups in total. The Morgan fingerprint density at radius 1 is 1.70 bits per heavy atom. The van der Waals surface area contributed by atoms with Crippen molar-refractivity contribution in [2.75, 3.05) is 18.9 Å². The number of hydrogen-bond acceptors (Lipinski definition) is 10. The van der Waals surface area contributed by atoms with E-state index in [1.807, 2.05) is 0 Å². The number of anilines is 1. The average Bonchev–Trinajstić information content (AvgIpc) is 2.85. The number of rotatable bonds is 6. The number of aliphatic carboxylic acids is 1. The Morgan fingerprint density at radius 2 is 2.39 bits per heavy atom. The van der Waals surface area contributed by atoms with Gasteiger partial charge in [0.2, 0.25) is 0 Å². The van der Waals surface area contributed by atoms with Crippen LogP contribution in [0.25, 0.3) is 0 Å². The lowest BCUT2D eigenvalue weighted by Crippen LogP contribution is -2.41. The fraction of sp³-hybridized carbons (Fsp3) is 0.500. The largest absolute Gasteiger partial charge is 0.777 e. The number of ether oxygens (including phenoxy) is 3. The van der Waals surface area contributed by atoms with E-state index in [2.05, 4.69) is 9.72 Å². The third-order valence-electron chi connectivity index (χ3n) is 2.78. The van der Waals surface area contributed by atoms with Crippen molar-refractivity contribution in [1.82, 2.24) is 9.55 Å². The maximum atomic E-state index is 11.6. The molecule has 1 aromatic heterocycles. The minimum absolute atomic E-state index is 0.0241. The summed E-state index contributed by atoms with van der Waals surface area (Å²) < 4.78 is 26.8. The third kappa shape index (κ3) is 4.34. The zero-order chi connectivity index (χ0) is 17.2. The Balaban J connectivity index is 1.97. The number of hydrogen-bond donors (Lipinski definition) is 2.